The van der Waals surface area contributed by atoms with Crippen molar-refractivity contribution in [2.75, 3.05) is 39.3 Å². The van der Waals surface area contributed by atoms with Crippen LogP contribution in [-0.2, 0) is 28.8 Å². The molecule has 0 aromatic heterocycles. The second kappa shape index (κ2) is 11.2. The summed E-state index contributed by atoms with van der Waals surface area (Å²) in [7, 11) is 0. The lowest BCUT2D eigenvalue weighted by Crippen LogP contribution is -2.50. The zero-order valence-corrected chi connectivity index (χ0v) is 29.9. The van der Waals surface area contributed by atoms with Crippen molar-refractivity contribution in [3.8, 4) is 0 Å². The van der Waals surface area contributed by atoms with Crippen LogP contribution in [0.3, 0.4) is 0 Å². The van der Waals surface area contributed by atoms with Crippen molar-refractivity contribution < 1.29 is 28.8 Å². The molecule has 10 nitrogen and oxygen atoms in total. The van der Waals surface area contributed by atoms with E-state index in [2.05, 4.69) is 74.3 Å². The lowest BCUT2D eigenvalue weighted by atomic mass is 9.50. The summed E-state index contributed by atoms with van der Waals surface area (Å²) in [6.07, 6.45) is 23.5. The highest BCUT2D eigenvalue weighted by Crippen LogP contribution is 2.60. The van der Waals surface area contributed by atoms with Crippen LogP contribution in [0, 0.1) is 107 Å². The Hall–Kier alpha value is -4.18. The highest BCUT2D eigenvalue weighted by atomic mass is 16.2. The molecule has 274 valence electrons. The minimum Gasteiger partial charge on any atom is -0.298 e. The minimum absolute atomic E-state index is 0.0116. The Bertz CT molecular complexity index is 1760. The lowest BCUT2D eigenvalue weighted by Gasteiger charge is -2.51. The second-order valence-corrected chi connectivity index (χ2v) is 17.9. The molecule has 0 N–H and O–H groups in total. The van der Waals surface area contributed by atoms with Crippen LogP contribution in [-0.4, -0.2) is 94.3 Å². The summed E-state index contributed by atoms with van der Waals surface area (Å²) >= 11 is 0. The summed E-state index contributed by atoms with van der Waals surface area (Å²) < 4.78 is 0. The molecule has 3 aliphatic heterocycles. The van der Waals surface area contributed by atoms with E-state index >= 15 is 0 Å². The number of carbonyl (C=O) groups excluding carboxylic acids is 6. The van der Waals surface area contributed by atoms with Crippen molar-refractivity contribution in [1.82, 2.24) is 19.6 Å². The first kappa shape index (κ1) is 32.3. The number of nitrogens with zero attached hydrogens (tertiary/aromatic N) is 4. The number of hydrogen-bond donors (Lipinski definition) is 0. The van der Waals surface area contributed by atoms with Crippen LogP contribution in [0.5, 0.6) is 0 Å². The number of hydrogen-bond acceptors (Lipinski definition) is 7. The third-order valence-corrected chi connectivity index (χ3v) is 16.3. The van der Waals surface area contributed by atoms with Crippen molar-refractivity contribution >= 4 is 35.4 Å². The van der Waals surface area contributed by atoms with Crippen LogP contribution in [0.1, 0.15) is 6.92 Å². The molecule has 53 heavy (non-hydrogen) atoms. The number of carbonyl (C=O) groups is 6. The van der Waals surface area contributed by atoms with Crippen LogP contribution < -0.4 is 0 Å². The van der Waals surface area contributed by atoms with Gasteiger partial charge in [-0.2, -0.15) is 0 Å². The summed E-state index contributed by atoms with van der Waals surface area (Å²) in [5, 5.41) is 0. The van der Waals surface area contributed by atoms with Gasteiger partial charge in [0.1, 0.15) is 0 Å². The fraction of sp³-hybridized carbons (Fsp3) is 0.581. The maximum absolute atomic E-state index is 14.0. The fourth-order valence-corrected chi connectivity index (χ4v) is 13.6. The molecule has 3 heterocycles. The van der Waals surface area contributed by atoms with Gasteiger partial charge in [-0.15, -0.1) is 6.58 Å². The summed E-state index contributed by atoms with van der Waals surface area (Å²) in [5.41, 5.74) is 0. The molecule has 18 atom stereocenters. The molecule has 14 aliphatic rings. The predicted octanol–water partition coefficient (Wildman–Crippen LogP) is 2.58. The molecule has 0 spiro atoms. The maximum Gasteiger partial charge on any atom is 0.233 e. The van der Waals surface area contributed by atoms with Gasteiger partial charge >= 0.3 is 0 Å². The molecule has 0 aromatic carbocycles. The van der Waals surface area contributed by atoms with Gasteiger partial charge in [0, 0.05) is 39.3 Å². The second-order valence-electron chi connectivity index (χ2n) is 17.9. The highest BCUT2D eigenvalue weighted by Gasteiger charge is 2.65. The monoisotopic (exact) mass is 714 g/mol. The first-order valence-electron chi connectivity index (χ1n) is 20.0. The molecule has 16 unspecified atom stereocenters. The molecule has 11 aliphatic carbocycles. The summed E-state index contributed by atoms with van der Waals surface area (Å²) in [6, 6.07) is 0. The van der Waals surface area contributed by atoms with E-state index in [1.165, 1.54) is 14.7 Å². The summed E-state index contributed by atoms with van der Waals surface area (Å²) in [6.45, 7) is 7.68. The van der Waals surface area contributed by atoms with Crippen LogP contribution >= 0.6 is 0 Å². The third kappa shape index (κ3) is 4.03. The number of allylic oxidation sites excluding steroid dienone is 11. The molecule has 3 saturated carbocycles. The SMILES string of the molecule is C=CC1C(C)C2C=CC1C1C(=O)N(CCN(CCN3C(=O)C4C5C=CC(C4C3=O)[C@@H]3C=CC53)CCN3C(=O)C4C5C=CC(C4C3=O)[C@H]3C=CC53)C(=O)C21. The quantitative estimate of drug-likeness (QED) is 0.253. The number of imide groups is 3. The fourth-order valence-electron chi connectivity index (χ4n) is 13.6. The Balaban J connectivity index is 0.819. The normalized spacial score (nSPS) is 48.2. The average Bonchev–Trinajstić information content (AvgIpc) is 3.65. The van der Waals surface area contributed by atoms with Crippen molar-refractivity contribution in [1.29, 1.82) is 0 Å². The first-order valence-corrected chi connectivity index (χ1v) is 20.0. The van der Waals surface area contributed by atoms with Crippen molar-refractivity contribution in [2.24, 2.45) is 107 Å². The molecule has 0 aromatic rings. The van der Waals surface area contributed by atoms with Crippen molar-refractivity contribution in [3.05, 3.63) is 73.4 Å². The minimum atomic E-state index is -0.390. The molecule has 0 radical (unpaired) electrons. The molecule has 6 bridgehead atoms. The van der Waals surface area contributed by atoms with E-state index in [4.69, 9.17) is 0 Å². The van der Waals surface area contributed by atoms with Gasteiger partial charge in [-0.25, -0.2) is 0 Å². The summed E-state index contributed by atoms with van der Waals surface area (Å²) in [5.74, 6) is -0.995. The maximum atomic E-state index is 14.0. The van der Waals surface area contributed by atoms with E-state index in [1.54, 1.807) is 0 Å². The van der Waals surface area contributed by atoms with Gasteiger partial charge in [0.15, 0.2) is 0 Å². The Morgan fingerprint density at radius 3 is 1.04 bits per heavy atom. The van der Waals surface area contributed by atoms with Crippen LogP contribution in [0.4, 0.5) is 0 Å². The van der Waals surface area contributed by atoms with Crippen LogP contribution in [0.15, 0.2) is 73.4 Å². The largest absolute Gasteiger partial charge is 0.298 e. The number of fused-ring (bicyclic) bond motifs is 1. The van der Waals surface area contributed by atoms with Gasteiger partial charge < -0.3 is 0 Å². The first-order chi connectivity index (χ1) is 25.7. The highest BCUT2D eigenvalue weighted by molar-refractivity contribution is 6.07. The van der Waals surface area contributed by atoms with Gasteiger partial charge in [0.25, 0.3) is 0 Å². The topological polar surface area (TPSA) is 115 Å². The van der Waals surface area contributed by atoms with E-state index in [9.17, 15) is 28.8 Å². The van der Waals surface area contributed by atoms with E-state index in [-0.39, 0.29) is 138 Å². The van der Waals surface area contributed by atoms with Gasteiger partial charge in [-0.05, 0) is 71.0 Å². The average molecular weight is 715 g/mol. The van der Waals surface area contributed by atoms with Crippen LogP contribution in [0.2, 0.25) is 0 Å². The predicted molar refractivity (Wildman–Crippen MR) is 191 cm³/mol. The molecule has 6 amide bonds. The molecule has 6 fully saturated rings. The smallest absolute Gasteiger partial charge is 0.233 e. The number of rotatable bonds is 10. The number of likely N-dealkylation sites (tertiary alicyclic amines) is 3. The third-order valence-electron chi connectivity index (χ3n) is 16.3. The standard InChI is InChI=1S/C43H46N4O6/c1-3-21-20(2)22-4-9-27(21)33-32(22)38(48)45(39(33)49)17-14-44(15-18-46-40(50)34-28-10-11-29(35(34)41(46)51)24-6-5-23(24)28)16-19-47-42(52)36-30-12-13-31(37(36)43(47)53)26-8-7-25(26)30/h3-13,20-37H,1,14-19H2,2H3/t20?,21?,22?,23-,24?,25+,26?,27?,28?,29?,30?,31?,32?,33?,34?,35?,36?,37?. The van der Waals surface area contributed by atoms with Crippen molar-refractivity contribution in [2.45, 2.75) is 6.92 Å². The zero-order valence-electron chi connectivity index (χ0n) is 29.9. The van der Waals surface area contributed by atoms with E-state index in [0.29, 0.717) is 43.3 Å². The van der Waals surface area contributed by atoms with Gasteiger partial charge in [0.2, 0.25) is 35.4 Å². The van der Waals surface area contributed by atoms with Crippen LogP contribution in [0.25, 0.3) is 0 Å². The molecule has 10 heteroatoms. The zero-order chi connectivity index (χ0) is 36.2. The van der Waals surface area contributed by atoms with Gasteiger partial charge in [0.05, 0.1) is 35.5 Å². The van der Waals surface area contributed by atoms with Gasteiger partial charge in [-0.1, -0.05) is 73.8 Å². The van der Waals surface area contributed by atoms with Gasteiger partial charge in [-0.3, -0.25) is 48.4 Å². The van der Waals surface area contributed by atoms with E-state index in [1.807, 2.05) is 11.0 Å². The Morgan fingerprint density at radius 2 is 0.717 bits per heavy atom. The summed E-state index contributed by atoms with van der Waals surface area (Å²) in [4.78, 5) is 89.9. The number of amides is 6. The molecular formula is C43H46N4O6. The molecule has 3 saturated heterocycles. The Kier molecular flexibility index (Phi) is 6.81. The Morgan fingerprint density at radius 1 is 0.453 bits per heavy atom. The lowest BCUT2D eigenvalue weighted by molar-refractivity contribution is -0.141. The Labute approximate surface area is 309 Å². The van der Waals surface area contributed by atoms with E-state index < -0.39 is 0 Å². The molecular weight excluding hydrogens is 668 g/mol. The molecule has 14 rings (SSSR count). The van der Waals surface area contributed by atoms with E-state index in [0.717, 1.165) is 0 Å². The van der Waals surface area contributed by atoms with Crippen molar-refractivity contribution in [3.63, 3.8) is 0 Å².